The van der Waals surface area contributed by atoms with Crippen LogP contribution in [-0.2, 0) is 14.6 Å². The Balaban J connectivity index is 3.86. The molecule has 0 aromatic carbocycles. The number of rotatable bonds is 7. The second-order valence-corrected chi connectivity index (χ2v) is 5.81. The summed E-state index contributed by atoms with van der Waals surface area (Å²) >= 11 is 0. The predicted octanol–water partition coefficient (Wildman–Crippen LogP) is -0.851. The van der Waals surface area contributed by atoms with Gasteiger partial charge in [0.1, 0.15) is 0 Å². The van der Waals surface area contributed by atoms with Gasteiger partial charge < -0.3 is 10.6 Å². The zero-order valence-corrected chi connectivity index (χ0v) is 10.4. The lowest BCUT2D eigenvalue weighted by atomic mass is 10.3. The van der Waals surface area contributed by atoms with Crippen molar-refractivity contribution in [3.05, 3.63) is 0 Å². The van der Waals surface area contributed by atoms with Gasteiger partial charge in [-0.25, -0.2) is 8.42 Å². The smallest absolute Gasteiger partial charge is 0.237 e. The molecule has 0 radical (unpaired) electrons. The highest BCUT2D eigenvalue weighted by Crippen LogP contribution is 1.88. The van der Waals surface area contributed by atoms with E-state index in [2.05, 4.69) is 16.6 Å². The summed E-state index contributed by atoms with van der Waals surface area (Å²) in [6.07, 6.45) is 4.99. The van der Waals surface area contributed by atoms with Crippen molar-refractivity contribution >= 4 is 15.7 Å². The van der Waals surface area contributed by atoms with Crippen molar-refractivity contribution in [3.8, 4) is 12.3 Å². The van der Waals surface area contributed by atoms with Crippen molar-refractivity contribution in [2.75, 3.05) is 24.6 Å². The molecule has 0 bridgehead atoms. The van der Waals surface area contributed by atoms with E-state index in [1.54, 1.807) is 13.8 Å². The van der Waals surface area contributed by atoms with Crippen molar-refractivity contribution < 1.29 is 13.2 Å². The van der Waals surface area contributed by atoms with E-state index in [1.807, 2.05) is 0 Å². The average molecular weight is 246 g/mol. The molecule has 0 aromatic heterocycles. The van der Waals surface area contributed by atoms with Gasteiger partial charge in [0.05, 0.1) is 18.3 Å². The lowest BCUT2D eigenvalue weighted by Gasteiger charge is -2.12. The number of hydrogen-bond acceptors (Lipinski definition) is 4. The van der Waals surface area contributed by atoms with Crippen LogP contribution in [0.2, 0.25) is 0 Å². The first-order valence-electron chi connectivity index (χ1n) is 5.08. The zero-order valence-electron chi connectivity index (χ0n) is 9.62. The molecule has 0 aromatic rings. The molecule has 0 spiro atoms. The van der Waals surface area contributed by atoms with Crippen molar-refractivity contribution in [3.63, 3.8) is 0 Å². The molecule has 1 atom stereocenters. The fourth-order valence-corrected chi connectivity index (χ4v) is 1.68. The van der Waals surface area contributed by atoms with Crippen molar-refractivity contribution in [2.24, 2.45) is 0 Å². The molecule has 0 saturated heterocycles. The van der Waals surface area contributed by atoms with Crippen LogP contribution >= 0.6 is 0 Å². The van der Waals surface area contributed by atoms with Crippen molar-refractivity contribution in [1.82, 2.24) is 10.6 Å². The van der Waals surface area contributed by atoms with E-state index < -0.39 is 15.9 Å². The number of amides is 1. The Labute approximate surface area is 96.9 Å². The minimum Gasteiger partial charge on any atom is -0.344 e. The van der Waals surface area contributed by atoms with Gasteiger partial charge in [-0.05, 0) is 6.92 Å². The number of nitrogens with one attached hydrogen (secondary N) is 2. The fraction of sp³-hybridized carbons (Fsp3) is 0.700. The Morgan fingerprint density at radius 3 is 2.62 bits per heavy atom. The van der Waals surface area contributed by atoms with E-state index in [-0.39, 0.29) is 30.5 Å². The van der Waals surface area contributed by atoms with Crippen LogP contribution in [0.5, 0.6) is 0 Å². The molecular weight excluding hydrogens is 228 g/mol. The van der Waals surface area contributed by atoms with Crippen molar-refractivity contribution in [1.29, 1.82) is 0 Å². The highest BCUT2D eigenvalue weighted by atomic mass is 32.2. The molecule has 16 heavy (non-hydrogen) atoms. The summed E-state index contributed by atoms with van der Waals surface area (Å²) in [4.78, 5) is 11.3. The fourth-order valence-electron chi connectivity index (χ4n) is 0.959. The first-order chi connectivity index (χ1) is 7.43. The van der Waals surface area contributed by atoms with E-state index in [0.717, 1.165) is 0 Å². The van der Waals surface area contributed by atoms with E-state index >= 15 is 0 Å². The number of carbonyl (C=O) groups excluding carboxylic acids is 1. The van der Waals surface area contributed by atoms with Crippen LogP contribution in [0.4, 0.5) is 0 Å². The zero-order chi connectivity index (χ0) is 12.6. The first-order valence-corrected chi connectivity index (χ1v) is 6.90. The van der Waals surface area contributed by atoms with Crippen molar-refractivity contribution in [2.45, 2.75) is 19.9 Å². The predicted molar refractivity (Wildman–Crippen MR) is 63.6 cm³/mol. The minimum atomic E-state index is -2.98. The van der Waals surface area contributed by atoms with Gasteiger partial charge in [0, 0.05) is 12.3 Å². The lowest BCUT2D eigenvalue weighted by Crippen LogP contribution is -2.43. The Kier molecular flexibility index (Phi) is 6.77. The van der Waals surface area contributed by atoms with Crippen LogP contribution in [-0.4, -0.2) is 45.0 Å². The molecular formula is C10H18N2O3S. The second-order valence-electron chi connectivity index (χ2n) is 3.33. The van der Waals surface area contributed by atoms with Gasteiger partial charge in [-0.15, -0.1) is 6.42 Å². The Hall–Kier alpha value is -1.06. The summed E-state index contributed by atoms with van der Waals surface area (Å²) in [5.74, 6) is 2.21. The Morgan fingerprint density at radius 1 is 1.50 bits per heavy atom. The Bertz CT molecular complexity index is 357. The second kappa shape index (κ2) is 7.25. The van der Waals surface area contributed by atoms with Gasteiger partial charge in [0.15, 0.2) is 9.84 Å². The van der Waals surface area contributed by atoms with E-state index in [4.69, 9.17) is 6.42 Å². The third-order valence-corrected chi connectivity index (χ3v) is 3.77. The molecule has 1 unspecified atom stereocenters. The van der Waals surface area contributed by atoms with Gasteiger partial charge >= 0.3 is 0 Å². The SMILES string of the molecule is C#CCNC(=O)C(C)NCCS(=O)(=O)CC. The molecule has 1 amide bonds. The monoisotopic (exact) mass is 246 g/mol. The average Bonchev–Trinajstić information content (AvgIpc) is 2.25. The normalized spacial score (nSPS) is 12.8. The van der Waals surface area contributed by atoms with Crippen LogP contribution in [0, 0.1) is 12.3 Å². The molecule has 0 rings (SSSR count). The Morgan fingerprint density at radius 2 is 2.12 bits per heavy atom. The minimum absolute atomic E-state index is 0.0380. The highest BCUT2D eigenvalue weighted by Gasteiger charge is 2.12. The molecule has 0 aliphatic heterocycles. The summed E-state index contributed by atoms with van der Waals surface area (Å²) in [6, 6.07) is -0.444. The van der Waals surface area contributed by atoms with Gasteiger partial charge in [0.25, 0.3) is 0 Å². The molecule has 6 heteroatoms. The number of hydrogen-bond donors (Lipinski definition) is 2. The molecule has 0 saturated carbocycles. The molecule has 0 aliphatic carbocycles. The van der Waals surface area contributed by atoms with E-state index in [9.17, 15) is 13.2 Å². The summed E-state index contributed by atoms with van der Waals surface area (Å²) < 4.78 is 22.3. The number of sulfone groups is 1. The van der Waals surface area contributed by atoms with E-state index in [1.165, 1.54) is 0 Å². The van der Waals surface area contributed by atoms with E-state index in [0.29, 0.717) is 0 Å². The maximum Gasteiger partial charge on any atom is 0.237 e. The maximum atomic E-state index is 11.3. The van der Waals surface area contributed by atoms with Gasteiger partial charge in [-0.1, -0.05) is 12.8 Å². The molecule has 2 N–H and O–H groups in total. The maximum absolute atomic E-state index is 11.3. The molecule has 0 aliphatic rings. The molecule has 92 valence electrons. The quantitative estimate of drug-likeness (QED) is 0.574. The number of terminal acetylenes is 1. The van der Waals surface area contributed by atoms with Crippen LogP contribution in [0.1, 0.15) is 13.8 Å². The molecule has 0 heterocycles. The largest absolute Gasteiger partial charge is 0.344 e. The summed E-state index contributed by atoms with van der Waals surface area (Å²) in [5, 5.41) is 5.33. The third kappa shape index (κ3) is 6.43. The van der Waals surface area contributed by atoms with Gasteiger partial charge in [-0.3, -0.25) is 4.79 Å². The lowest BCUT2D eigenvalue weighted by molar-refractivity contribution is -0.122. The van der Waals surface area contributed by atoms with Gasteiger partial charge in [-0.2, -0.15) is 0 Å². The van der Waals surface area contributed by atoms with Crippen LogP contribution in [0.15, 0.2) is 0 Å². The standard InChI is InChI=1S/C10H18N2O3S/c1-4-6-12-10(13)9(3)11-7-8-16(14,15)5-2/h1,9,11H,5-8H2,2-3H3,(H,12,13). The number of carbonyl (C=O) groups is 1. The van der Waals surface area contributed by atoms with Crippen LogP contribution in [0.25, 0.3) is 0 Å². The summed E-state index contributed by atoms with van der Waals surface area (Å²) in [7, 11) is -2.98. The summed E-state index contributed by atoms with van der Waals surface area (Å²) in [6.45, 7) is 3.70. The topological polar surface area (TPSA) is 75.3 Å². The molecule has 5 nitrogen and oxygen atoms in total. The first kappa shape index (κ1) is 14.9. The highest BCUT2D eigenvalue weighted by molar-refractivity contribution is 7.91. The molecule has 0 fully saturated rings. The third-order valence-electron chi connectivity index (χ3n) is 2.06. The summed E-state index contributed by atoms with van der Waals surface area (Å²) in [5.41, 5.74) is 0. The van der Waals surface area contributed by atoms with Crippen LogP contribution < -0.4 is 10.6 Å². The van der Waals surface area contributed by atoms with Gasteiger partial charge in [0.2, 0.25) is 5.91 Å². The van der Waals surface area contributed by atoms with Crippen LogP contribution in [0.3, 0.4) is 0 Å².